The largest absolute Gasteiger partial charge is 0.370 e. The molecule has 3 atom stereocenters. The van der Waals surface area contributed by atoms with Crippen molar-refractivity contribution in [3.63, 3.8) is 0 Å². The minimum atomic E-state index is -1.21. The Morgan fingerprint density at radius 3 is 0.838 bits per heavy atom. The van der Waals surface area contributed by atoms with E-state index in [-0.39, 0.29) is 100 Å². The number of guanidine groups is 3. The molecule has 0 rings (SSSR count). The molecule has 0 unspecified atom stereocenters. The van der Waals surface area contributed by atoms with Crippen molar-refractivity contribution in [2.45, 2.75) is 379 Å². The Bertz CT molecular complexity index is 2040. The van der Waals surface area contributed by atoms with Crippen LogP contribution in [0.25, 0.3) is 0 Å². The Balaban J connectivity index is 5.39. The molecule has 0 radical (unpaired) electrons. The summed E-state index contributed by atoms with van der Waals surface area (Å²) < 4.78 is 0. The summed E-state index contributed by atoms with van der Waals surface area (Å²) in [6.07, 6.45) is 57.2. The lowest BCUT2D eigenvalue weighted by Gasteiger charge is -2.25. The van der Waals surface area contributed by atoms with Gasteiger partial charge in [-0.25, -0.2) is 0 Å². The van der Waals surface area contributed by atoms with Crippen molar-refractivity contribution < 1.29 is 33.6 Å². The number of hydrogen-bond donors (Lipinski definition) is 12. The topological polar surface area (TPSA) is 402 Å². The number of carbonyl (C=O) groups excluding carboxylic acids is 7. The van der Waals surface area contributed by atoms with Crippen LogP contribution in [-0.4, -0.2) is 128 Å². The minimum Gasteiger partial charge on any atom is -0.370 e. The molecule has 23 nitrogen and oxygen atoms in total. The van der Waals surface area contributed by atoms with Crippen LogP contribution in [0.1, 0.15) is 361 Å². The van der Waals surface area contributed by atoms with Crippen LogP contribution in [0.2, 0.25) is 0 Å². The molecule has 0 aliphatic carbocycles. The number of amides is 7. The van der Waals surface area contributed by atoms with E-state index < -0.39 is 41.8 Å². The molecule has 0 bridgehead atoms. The summed E-state index contributed by atoms with van der Waals surface area (Å²) in [5.74, 6) is -3.58. The average molecular weight is 1400 g/mol. The number of unbranched alkanes of at least 4 members (excludes halogenated alkanes) is 40. The lowest BCUT2D eigenvalue weighted by molar-refractivity contribution is -0.135. The van der Waals surface area contributed by atoms with Crippen molar-refractivity contribution in [3.05, 3.63) is 0 Å². The molecule has 99 heavy (non-hydrogen) atoms. The molecule has 0 saturated carbocycles. The van der Waals surface area contributed by atoms with Crippen LogP contribution in [0.3, 0.4) is 0 Å². The smallest absolute Gasteiger partial charge is 0.243 e. The van der Waals surface area contributed by atoms with E-state index in [1.807, 2.05) is 0 Å². The van der Waals surface area contributed by atoms with Gasteiger partial charge in [0.25, 0.3) is 0 Å². The molecule has 0 spiro atoms. The highest BCUT2D eigenvalue weighted by atomic mass is 16.2. The Hall–Kier alpha value is -5.90. The van der Waals surface area contributed by atoms with Gasteiger partial charge in [-0.2, -0.15) is 0 Å². The first-order valence-corrected chi connectivity index (χ1v) is 40.2. The highest BCUT2D eigenvalue weighted by molar-refractivity contribution is 5.94. The highest BCUT2D eigenvalue weighted by Gasteiger charge is 2.29. The van der Waals surface area contributed by atoms with Crippen LogP contribution in [0.15, 0.2) is 15.0 Å². The van der Waals surface area contributed by atoms with Gasteiger partial charge in [-0.05, 0) is 64.2 Å². The summed E-state index contributed by atoms with van der Waals surface area (Å²) in [5.41, 5.74) is 38.7. The van der Waals surface area contributed by atoms with Gasteiger partial charge in [-0.1, -0.05) is 271 Å². The second-order valence-electron chi connectivity index (χ2n) is 27.9. The summed E-state index contributed by atoms with van der Waals surface area (Å²) in [7, 11) is 0. The Morgan fingerprint density at radius 2 is 0.556 bits per heavy atom. The fourth-order valence-corrected chi connectivity index (χ4v) is 12.5. The van der Waals surface area contributed by atoms with E-state index in [1.54, 1.807) is 4.90 Å². The van der Waals surface area contributed by atoms with Crippen LogP contribution in [0.5, 0.6) is 0 Å². The van der Waals surface area contributed by atoms with E-state index in [0.29, 0.717) is 58.3 Å². The molecule has 0 aliphatic rings. The zero-order valence-electron chi connectivity index (χ0n) is 63.1. The van der Waals surface area contributed by atoms with Gasteiger partial charge < -0.3 is 71.6 Å². The number of nitrogens with zero attached hydrogens (tertiary/aromatic N) is 4. The van der Waals surface area contributed by atoms with Gasteiger partial charge in [0.05, 0.1) is 0 Å². The second-order valence-corrected chi connectivity index (χ2v) is 27.9. The molecule has 576 valence electrons. The second kappa shape index (κ2) is 69.2. The Kier molecular flexibility index (Phi) is 65.1. The lowest BCUT2D eigenvalue weighted by atomic mass is 10.0. The van der Waals surface area contributed by atoms with Crippen molar-refractivity contribution in [1.82, 2.24) is 31.5 Å². The number of nitrogens with two attached hydrogens (primary N) is 7. The normalized spacial score (nSPS) is 12.0. The molecule has 0 aromatic heterocycles. The van der Waals surface area contributed by atoms with Crippen LogP contribution < -0.4 is 66.7 Å². The van der Waals surface area contributed by atoms with E-state index in [1.165, 1.54) is 231 Å². The molecule has 0 saturated heterocycles. The van der Waals surface area contributed by atoms with Crippen LogP contribution >= 0.6 is 0 Å². The average Bonchev–Trinajstić information content (AvgIpc) is 0.903. The summed E-state index contributed by atoms with van der Waals surface area (Å²) >= 11 is 0. The van der Waals surface area contributed by atoms with Gasteiger partial charge in [0.1, 0.15) is 18.1 Å². The van der Waals surface area contributed by atoms with E-state index in [2.05, 4.69) is 55.4 Å². The van der Waals surface area contributed by atoms with Crippen molar-refractivity contribution in [2.24, 2.45) is 55.1 Å². The zero-order chi connectivity index (χ0) is 72.9. The molecule has 0 aromatic carbocycles. The number of rotatable bonds is 73. The highest BCUT2D eigenvalue weighted by Crippen LogP contribution is 2.18. The minimum absolute atomic E-state index is 0.0129. The van der Waals surface area contributed by atoms with E-state index in [4.69, 9.17) is 40.1 Å². The molecule has 0 aliphatic heterocycles. The standard InChI is InChI=1S/C76H150N16O7/c1-3-5-7-9-11-13-15-17-19-21-23-25-27-29-31-33-35-37-39-41-43-53-67(93)84-60-48-62-92(63-49-61-85-68(94)54-44-42-40-38-36-34-32-30-28-26-24-22-20-18-16-14-12-10-8-6-4-2)70(96)56-55-69(95)89-65(51-46-58-87-75(80)81)72(98)91-66(52-47-59-88-76(82)83)73(99)90-64(71(77)97)50-45-57-86-74(78)79/h64-66H,3-63H2,1-2H3,(H2,77,97)(H,84,93)(H,85,94)(H,89,95)(H,90,99)(H,91,98)(H4,78,79,86)(H4,80,81,87)(H4,82,83,88)/t64-,65-,66-/m0/s1. The van der Waals surface area contributed by atoms with Crippen LogP contribution in [0.4, 0.5) is 0 Å². The quantitative estimate of drug-likeness (QED) is 0.0153. The fraction of sp³-hybridized carbons (Fsp3) is 0.868. The number of hydrogen-bond acceptors (Lipinski definition) is 10. The summed E-state index contributed by atoms with van der Waals surface area (Å²) in [6, 6.07) is -3.52. The zero-order valence-corrected chi connectivity index (χ0v) is 63.1. The lowest BCUT2D eigenvalue weighted by Crippen LogP contribution is -2.56. The SMILES string of the molecule is CCCCCCCCCCCCCCCCCCCCCCCC(=O)NCCCN(CCCNC(=O)CCCCCCCCCCCCCCCCCCCCCCC)C(=O)CCC(=O)N[C@@H](CCCN=C(N)N)C(=O)N[C@@H](CCCN=C(N)N)C(=O)N[C@@H](CCCN=C(N)N)C(N)=O. The van der Waals surface area contributed by atoms with Crippen molar-refractivity contribution in [3.8, 4) is 0 Å². The third kappa shape index (κ3) is 64.0. The van der Waals surface area contributed by atoms with Gasteiger partial charge in [-0.3, -0.25) is 48.5 Å². The van der Waals surface area contributed by atoms with E-state index >= 15 is 0 Å². The van der Waals surface area contributed by atoms with Crippen molar-refractivity contribution in [2.75, 3.05) is 45.8 Å². The Labute approximate surface area is 601 Å². The fourth-order valence-electron chi connectivity index (χ4n) is 12.5. The summed E-state index contributed by atoms with van der Waals surface area (Å²) in [4.78, 5) is 107. The maximum absolute atomic E-state index is 14.1. The summed E-state index contributed by atoms with van der Waals surface area (Å²) in [5, 5.41) is 14.1. The van der Waals surface area contributed by atoms with E-state index in [9.17, 15) is 33.6 Å². The van der Waals surface area contributed by atoms with Gasteiger partial charge in [0.15, 0.2) is 17.9 Å². The maximum atomic E-state index is 14.1. The molecular formula is C76H150N16O7. The van der Waals surface area contributed by atoms with Gasteiger partial charge in [-0.15, -0.1) is 0 Å². The van der Waals surface area contributed by atoms with Gasteiger partial charge in [0.2, 0.25) is 41.4 Å². The number of primary amides is 1. The third-order valence-corrected chi connectivity index (χ3v) is 18.6. The Morgan fingerprint density at radius 1 is 0.293 bits per heavy atom. The predicted molar refractivity (Wildman–Crippen MR) is 410 cm³/mol. The van der Waals surface area contributed by atoms with Crippen LogP contribution in [-0.2, 0) is 33.6 Å². The number of aliphatic imine (C=N–C) groups is 3. The monoisotopic (exact) mass is 1400 g/mol. The molecule has 0 fully saturated rings. The van der Waals surface area contributed by atoms with Gasteiger partial charge >= 0.3 is 0 Å². The van der Waals surface area contributed by atoms with Crippen molar-refractivity contribution in [1.29, 1.82) is 0 Å². The van der Waals surface area contributed by atoms with Crippen molar-refractivity contribution >= 4 is 59.2 Å². The van der Waals surface area contributed by atoms with Crippen LogP contribution in [0, 0.1) is 0 Å². The van der Waals surface area contributed by atoms with E-state index in [0.717, 1.165) is 38.5 Å². The number of nitrogens with one attached hydrogen (secondary N) is 5. The molecule has 23 heteroatoms. The maximum Gasteiger partial charge on any atom is 0.243 e. The molecular weight excluding hydrogens is 1250 g/mol. The molecule has 19 N–H and O–H groups in total. The molecule has 7 amide bonds. The first-order chi connectivity index (χ1) is 48.0. The first kappa shape index (κ1) is 93.1. The number of carbonyl (C=O) groups is 7. The molecule has 0 heterocycles. The summed E-state index contributed by atoms with van der Waals surface area (Å²) in [6.45, 7) is 6.41. The molecule has 0 aromatic rings. The van der Waals surface area contributed by atoms with Gasteiger partial charge in [0, 0.05) is 71.5 Å². The third-order valence-electron chi connectivity index (χ3n) is 18.6. The first-order valence-electron chi connectivity index (χ1n) is 40.2. The predicted octanol–water partition coefficient (Wildman–Crippen LogP) is 11.9.